The van der Waals surface area contributed by atoms with Gasteiger partial charge in [-0.15, -0.1) is 0 Å². The molecule has 0 atom stereocenters. The molecule has 0 saturated carbocycles. The fourth-order valence-corrected chi connectivity index (χ4v) is 1.61. The van der Waals surface area contributed by atoms with Crippen LogP contribution in [-0.4, -0.2) is 24.1 Å². The van der Waals surface area contributed by atoms with Crippen LogP contribution in [0, 0.1) is 0 Å². The first-order chi connectivity index (χ1) is 8.20. The SMILES string of the molecule is COc1ccc(N(C)c2ccc(Br)cn2)nc1. The van der Waals surface area contributed by atoms with Gasteiger partial charge in [-0.1, -0.05) is 0 Å². The summed E-state index contributed by atoms with van der Waals surface area (Å²) >= 11 is 3.36. The molecule has 0 N–H and O–H groups in total. The zero-order valence-electron chi connectivity index (χ0n) is 9.59. The van der Waals surface area contributed by atoms with Crippen molar-refractivity contribution in [3.63, 3.8) is 0 Å². The van der Waals surface area contributed by atoms with Crippen molar-refractivity contribution in [2.45, 2.75) is 0 Å². The molecule has 0 aliphatic carbocycles. The highest BCUT2D eigenvalue weighted by Crippen LogP contribution is 2.22. The number of ether oxygens (including phenoxy) is 1. The van der Waals surface area contributed by atoms with Gasteiger partial charge >= 0.3 is 0 Å². The average molecular weight is 294 g/mol. The van der Waals surface area contributed by atoms with Crippen LogP contribution in [0.15, 0.2) is 41.1 Å². The molecule has 0 radical (unpaired) electrons. The Bertz CT molecular complexity index is 484. The van der Waals surface area contributed by atoms with Gasteiger partial charge in [-0.25, -0.2) is 9.97 Å². The zero-order valence-corrected chi connectivity index (χ0v) is 11.2. The molecule has 0 spiro atoms. The van der Waals surface area contributed by atoms with E-state index in [4.69, 9.17) is 4.74 Å². The molecular formula is C12H12BrN3O. The second kappa shape index (κ2) is 5.14. The summed E-state index contributed by atoms with van der Waals surface area (Å²) in [7, 11) is 3.54. The minimum atomic E-state index is 0.742. The van der Waals surface area contributed by atoms with E-state index in [2.05, 4.69) is 25.9 Å². The monoisotopic (exact) mass is 293 g/mol. The van der Waals surface area contributed by atoms with Crippen LogP contribution in [0.5, 0.6) is 5.75 Å². The molecule has 0 fully saturated rings. The third-order valence-electron chi connectivity index (χ3n) is 2.36. The van der Waals surface area contributed by atoms with Crippen LogP contribution in [0.2, 0.25) is 0 Å². The van der Waals surface area contributed by atoms with Gasteiger partial charge in [-0.3, -0.25) is 0 Å². The molecule has 2 heterocycles. The van der Waals surface area contributed by atoms with Crippen LogP contribution in [0.25, 0.3) is 0 Å². The lowest BCUT2D eigenvalue weighted by molar-refractivity contribution is 0.413. The smallest absolute Gasteiger partial charge is 0.137 e. The summed E-state index contributed by atoms with van der Waals surface area (Å²) in [5.41, 5.74) is 0. The predicted octanol–water partition coefficient (Wildman–Crippen LogP) is 3.02. The molecule has 0 bridgehead atoms. The maximum atomic E-state index is 5.07. The normalized spacial score (nSPS) is 10.1. The molecule has 0 aliphatic heterocycles. The number of anilines is 2. The molecule has 4 nitrogen and oxygen atoms in total. The summed E-state index contributed by atoms with van der Waals surface area (Å²) in [4.78, 5) is 10.5. The molecule has 5 heteroatoms. The summed E-state index contributed by atoms with van der Waals surface area (Å²) < 4.78 is 6.02. The lowest BCUT2D eigenvalue weighted by Gasteiger charge is -2.17. The molecule has 0 saturated heterocycles. The van der Waals surface area contributed by atoms with Gasteiger partial charge < -0.3 is 9.64 Å². The predicted molar refractivity (Wildman–Crippen MR) is 70.8 cm³/mol. The standard InChI is InChI=1S/C12H12BrN3O/c1-16(11-5-3-9(13)7-14-11)12-6-4-10(17-2)8-15-12/h3-8H,1-2H3. The number of pyridine rings is 2. The van der Waals surface area contributed by atoms with Crippen LogP contribution >= 0.6 is 15.9 Å². The fourth-order valence-electron chi connectivity index (χ4n) is 1.38. The molecule has 0 amide bonds. The largest absolute Gasteiger partial charge is 0.495 e. The van der Waals surface area contributed by atoms with Crippen LogP contribution < -0.4 is 9.64 Å². The summed E-state index contributed by atoms with van der Waals surface area (Å²) in [6.45, 7) is 0. The van der Waals surface area contributed by atoms with Crippen molar-refractivity contribution in [2.75, 3.05) is 19.1 Å². The number of hydrogen-bond acceptors (Lipinski definition) is 4. The Balaban J connectivity index is 2.23. The van der Waals surface area contributed by atoms with Gasteiger partial charge in [0.15, 0.2) is 0 Å². The minimum absolute atomic E-state index is 0.742. The Kier molecular flexibility index (Phi) is 3.58. The Morgan fingerprint density at radius 2 is 1.71 bits per heavy atom. The number of hydrogen-bond donors (Lipinski definition) is 0. The Hall–Kier alpha value is -1.62. The Morgan fingerprint density at radius 3 is 2.18 bits per heavy atom. The van der Waals surface area contributed by atoms with Crippen LogP contribution in [0.1, 0.15) is 0 Å². The summed E-state index contributed by atoms with van der Waals surface area (Å²) in [5.74, 6) is 2.40. The summed E-state index contributed by atoms with van der Waals surface area (Å²) in [5, 5.41) is 0. The third-order valence-corrected chi connectivity index (χ3v) is 2.82. The van der Waals surface area contributed by atoms with Crippen molar-refractivity contribution in [1.29, 1.82) is 0 Å². The molecule has 88 valence electrons. The first kappa shape index (κ1) is 11.9. The maximum absolute atomic E-state index is 5.07. The number of nitrogens with zero attached hydrogens (tertiary/aromatic N) is 3. The van der Waals surface area contributed by atoms with Gasteiger partial charge in [-0.05, 0) is 40.2 Å². The Morgan fingerprint density at radius 1 is 1.06 bits per heavy atom. The molecule has 17 heavy (non-hydrogen) atoms. The van der Waals surface area contributed by atoms with Gasteiger partial charge in [0.2, 0.25) is 0 Å². The number of halogens is 1. The lowest BCUT2D eigenvalue weighted by atomic mass is 10.4. The highest BCUT2D eigenvalue weighted by molar-refractivity contribution is 9.10. The number of rotatable bonds is 3. The third kappa shape index (κ3) is 2.74. The first-order valence-corrected chi connectivity index (χ1v) is 5.85. The zero-order chi connectivity index (χ0) is 12.3. The van der Waals surface area contributed by atoms with E-state index in [-0.39, 0.29) is 0 Å². The van der Waals surface area contributed by atoms with Gasteiger partial charge in [0.05, 0.1) is 13.3 Å². The molecule has 0 aromatic carbocycles. The number of methoxy groups -OCH3 is 1. The van der Waals surface area contributed by atoms with E-state index in [1.54, 1.807) is 19.5 Å². The Labute approximate surface area is 108 Å². The second-order valence-electron chi connectivity index (χ2n) is 3.45. The van der Waals surface area contributed by atoms with Gasteiger partial charge in [0.1, 0.15) is 17.4 Å². The van der Waals surface area contributed by atoms with Crippen molar-refractivity contribution in [2.24, 2.45) is 0 Å². The number of aromatic nitrogens is 2. The molecule has 2 rings (SSSR count). The molecule has 0 aliphatic rings. The highest BCUT2D eigenvalue weighted by Gasteiger charge is 2.06. The van der Waals surface area contributed by atoms with Crippen molar-refractivity contribution in [3.05, 3.63) is 41.1 Å². The van der Waals surface area contributed by atoms with Gasteiger partial charge in [0, 0.05) is 17.7 Å². The van der Waals surface area contributed by atoms with E-state index >= 15 is 0 Å². The van der Waals surface area contributed by atoms with Crippen LogP contribution in [-0.2, 0) is 0 Å². The van der Waals surface area contributed by atoms with Crippen LogP contribution in [0.4, 0.5) is 11.6 Å². The van der Waals surface area contributed by atoms with E-state index in [1.165, 1.54) is 0 Å². The molecular weight excluding hydrogens is 282 g/mol. The minimum Gasteiger partial charge on any atom is -0.495 e. The molecule has 2 aromatic rings. The van der Waals surface area contributed by atoms with E-state index in [1.807, 2.05) is 36.2 Å². The van der Waals surface area contributed by atoms with E-state index in [0.29, 0.717) is 0 Å². The lowest BCUT2D eigenvalue weighted by Crippen LogP contribution is -2.12. The highest BCUT2D eigenvalue weighted by atomic mass is 79.9. The van der Waals surface area contributed by atoms with Crippen molar-refractivity contribution < 1.29 is 4.74 Å². The topological polar surface area (TPSA) is 38.2 Å². The first-order valence-electron chi connectivity index (χ1n) is 5.06. The van der Waals surface area contributed by atoms with Crippen molar-refractivity contribution in [1.82, 2.24) is 9.97 Å². The molecule has 2 aromatic heterocycles. The van der Waals surface area contributed by atoms with Gasteiger partial charge in [0.25, 0.3) is 0 Å². The van der Waals surface area contributed by atoms with E-state index < -0.39 is 0 Å². The van der Waals surface area contributed by atoms with Gasteiger partial charge in [-0.2, -0.15) is 0 Å². The van der Waals surface area contributed by atoms with E-state index in [9.17, 15) is 0 Å². The second-order valence-corrected chi connectivity index (χ2v) is 4.37. The van der Waals surface area contributed by atoms with Crippen molar-refractivity contribution in [3.8, 4) is 5.75 Å². The average Bonchev–Trinajstić information content (AvgIpc) is 2.39. The quantitative estimate of drug-likeness (QED) is 0.872. The maximum Gasteiger partial charge on any atom is 0.137 e. The van der Waals surface area contributed by atoms with E-state index in [0.717, 1.165) is 21.9 Å². The van der Waals surface area contributed by atoms with Crippen molar-refractivity contribution >= 4 is 27.6 Å². The molecule has 0 unspecified atom stereocenters. The van der Waals surface area contributed by atoms with Crippen LogP contribution in [0.3, 0.4) is 0 Å². The summed E-state index contributed by atoms with van der Waals surface area (Å²) in [6.07, 6.45) is 3.44. The summed E-state index contributed by atoms with van der Waals surface area (Å²) in [6, 6.07) is 7.64. The fraction of sp³-hybridized carbons (Fsp3) is 0.167.